The largest absolute Gasteiger partial charge is 0.255 e. The van der Waals surface area contributed by atoms with Crippen LogP contribution in [0, 0.1) is 5.41 Å². The van der Waals surface area contributed by atoms with Crippen LogP contribution in [0.5, 0.6) is 0 Å². The molecule has 124 valence electrons. The summed E-state index contributed by atoms with van der Waals surface area (Å²) in [6.07, 6.45) is 7.65. The number of primary sulfonamides is 1. The maximum Gasteiger partial charge on any atom is 0.255 e. The Bertz CT molecular complexity index is 896. The van der Waals surface area contributed by atoms with Crippen LogP contribution in [0.25, 0.3) is 11.1 Å². The first-order valence-electron chi connectivity index (χ1n) is 8.24. The highest BCUT2D eigenvalue weighted by Gasteiger charge is 2.43. The second-order valence-corrected chi connectivity index (χ2v) is 8.47. The van der Waals surface area contributed by atoms with E-state index in [-0.39, 0.29) is 5.03 Å². The molecule has 1 spiro atoms. The lowest BCUT2D eigenvalue weighted by Gasteiger charge is -2.39. The number of nitrogens with two attached hydrogens (primary N) is 1. The summed E-state index contributed by atoms with van der Waals surface area (Å²) in [5.41, 5.74) is 5.34. The van der Waals surface area contributed by atoms with Crippen molar-refractivity contribution in [2.75, 3.05) is 0 Å². The predicted octanol–water partition coefficient (Wildman–Crippen LogP) is 3.60. The molecule has 2 aromatic rings. The van der Waals surface area contributed by atoms with Gasteiger partial charge in [-0.15, -0.1) is 0 Å². The Morgan fingerprint density at radius 2 is 1.58 bits per heavy atom. The van der Waals surface area contributed by atoms with Gasteiger partial charge in [-0.25, -0.2) is 18.5 Å². The third-order valence-corrected chi connectivity index (χ3v) is 6.21. The minimum atomic E-state index is -3.75. The Morgan fingerprint density at radius 3 is 2.08 bits per heavy atom. The first-order chi connectivity index (χ1) is 11.5. The molecule has 0 saturated heterocycles. The molecule has 1 aromatic carbocycles. The molecule has 1 aromatic heterocycles. The number of nitrogens with zero attached hydrogens (tertiary/aromatic N) is 1. The van der Waals surface area contributed by atoms with Crippen LogP contribution < -0.4 is 5.14 Å². The number of hydrogen-bond acceptors (Lipinski definition) is 3. The summed E-state index contributed by atoms with van der Waals surface area (Å²) in [6, 6.07) is 13.8. The number of allylic oxidation sites excluding steroid dienone is 2. The maximum atomic E-state index is 11.4. The zero-order chi connectivity index (χ0) is 16.8. The fourth-order valence-electron chi connectivity index (χ4n) is 3.98. The van der Waals surface area contributed by atoms with Crippen molar-refractivity contribution < 1.29 is 8.42 Å². The van der Waals surface area contributed by atoms with Gasteiger partial charge in [0.05, 0.1) is 0 Å². The van der Waals surface area contributed by atoms with Gasteiger partial charge >= 0.3 is 0 Å². The van der Waals surface area contributed by atoms with Crippen LogP contribution >= 0.6 is 0 Å². The standard InChI is InChI=1S/C19H20N2O2S/c20-24(22,23)18-8-7-15(13-21-18)17-12-19(9-4-10-19)11-16(17)14-5-2-1-3-6-14/h1-3,5-8,13H,4,9-12H2,(H2,20,22,23). The van der Waals surface area contributed by atoms with Gasteiger partial charge < -0.3 is 0 Å². The summed E-state index contributed by atoms with van der Waals surface area (Å²) in [5.74, 6) is 0. The van der Waals surface area contributed by atoms with Crippen molar-refractivity contribution in [1.29, 1.82) is 0 Å². The average Bonchev–Trinajstić information content (AvgIpc) is 2.96. The Morgan fingerprint density at radius 1 is 0.917 bits per heavy atom. The van der Waals surface area contributed by atoms with Gasteiger partial charge in [-0.3, -0.25) is 0 Å². The number of hydrogen-bond donors (Lipinski definition) is 1. The van der Waals surface area contributed by atoms with Crippen molar-refractivity contribution in [3.63, 3.8) is 0 Å². The fraction of sp³-hybridized carbons (Fsp3) is 0.316. The summed E-state index contributed by atoms with van der Waals surface area (Å²) in [5, 5.41) is 5.07. The highest BCUT2D eigenvalue weighted by atomic mass is 32.2. The second-order valence-electron chi connectivity index (χ2n) is 6.96. The second kappa shape index (κ2) is 5.53. The normalized spacial score (nSPS) is 19.5. The lowest BCUT2D eigenvalue weighted by Crippen LogP contribution is -2.26. The molecule has 0 unspecified atom stereocenters. The van der Waals surface area contributed by atoms with E-state index in [0.717, 1.165) is 18.4 Å². The lowest BCUT2D eigenvalue weighted by molar-refractivity contribution is 0.157. The van der Waals surface area contributed by atoms with Gasteiger partial charge in [0.2, 0.25) is 0 Å². The van der Waals surface area contributed by atoms with Gasteiger partial charge in [0.1, 0.15) is 0 Å². The minimum absolute atomic E-state index is 0.0792. The molecular formula is C19H20N2O2S. The van der Waals surface area contributed by atoms with Crippen LogP contribution in [-0.4, -0.2) is 13.4 Å². The van der Waals surface area contributed by atoms with Crippen molar-refractivity contribution in [2.45, 2.75) is 37.1 Å². The molecule has 0 bridgehead atoms. The van der Waals surface area contributed by atoms with Crippen molar-refractivity contribution >= 4 is 21.2 Å². The lowest BCUT2D eigenvalue weighted by atomic mass is 9.66. The maximum absolute atomic E-state index is 11.4. The van der Waals surface area contributed by atoms with Crippen molar-refractivity contribution in [1.82, 2.24) is 4.98 Å². The smallest absolute Gasteiger partial charge is 0.243 e. The van der Waals surface area contributed by atoms with Crippen LogP contribution in [0.4, 0.5) is 0 Å². The fourth-order valence-corrected chi connectivity index (χ4v) is 4.43. The molecule has 4 nitrogen and oxygen atoms in total. The van der Waals surface area contributed by atoms with Crippen molar-refractivity contribution in [3.05, 3.63) is 59.8 Å². The Hall–Kier alpha value is -1.98. The van der Waals surface area contributed by atoms with Gasteiger partial charge in [0, 0.05) is 6.20 Å². The summed E-state index contributed by atoms with van der Waals surface area (Å²) in [4.78, 5) is 4.07. The first kappa shape index (κ1) is 15.5. The van der Waals surface area contributed by atoms with E-state index < -0.39 is 10.0 Å². The van der Waals surface area contributed by atoms with Crippen LogP contribution in [0.2, 0.25) is 0 Å². The van der Waals surface area contributed by atoms with Gasteiger partial charge in [-0.1, -0.05) is 42.8 Å². The van der Waals surface area contributed by atoms with E-state index in [1.807, 2.05) is 12.1 Å². The van der Waals surface area contributed by atoms with Crippen molar-refractivity contribution in [3.8, 4) is 0 Å². The number of rotatable bonds is 3. The van der Waals surface area contributed by atoms with E-state index in [1.165, 1.54) is 42.0 Å². The molecule has 0 aliphatic heterocycles. The molecular weight excluding hydrogens is 320 g/mol. The van der Waals surface area contributed by atoms with E-state index in [1.54, 1.807) is 6.20 Å². The van der Waals surface area contributed by atoms with Crippen LogP contribution in [-0.2, 0) is 10.0 Å². The molecule has 4 rings (SSSR count). The molecule has 1 heterocycles. The van der Waals surface area contributed by atoms with E-state index in [4.69, 9.17) is 5.14 Å². The molecule has 2 aliphatic carbocycles. The monoisotopic (exact) mass is 340 g/mol. The topological polar surface area (TPSA) is 73.1 Å². The van der Waals surface area contributed by atoms with E-state index in [0.29, 0.717) is 5.41 Å². The number of sulfonamides is 1. The van der Waals surface area contributed by atoms with E-state index >= 15 is 0 Å². The summed E-state index contributed by atoms with van der Waals surface area (Å²) >= 11 is 0. The summed E-state index contributed by atoms with van der Waals surface area (Å²) in [6.45, 7) is 0. The summed E-state index contributed by atoms with van der Waals surface area (Å²) < 4.78 is 22.8. The highest BCUT2D eigenvalue weighted by molar-refractivity contribution is 7.89. The van der Waals surface area contributed by atoms with Crippen LogP contribution in [0.1, 0.15) is 43.2 Å². The van der Waals surface area contributed by atoms with Crippen molar-refractivity contribution in [2.24, 2.45) is 10.6 Å². The quantitative estimate of drug-likeness (QED) is 0.928. The number of benzene rings is 1. The van der Waals surface area contributed by atoms with E-state index in [2.05, 4.69) is 29.2 Å². The van der Waals surface area contributed by atoms with Gasteiger partial charge in [0.15, 0.2) is 5.03 Å². The SMILES string of the molecule is NS(=O)(=O)c1ccc(C2=C(c3ccccc3)CC3(CCC3)C2)cn1. The Kier molecular flexibility index (Phi) is 3.58. The molecule has 1 fully saturated rings. The van der Waals surface area contributed by atoms with Crippen LogP contribution in [0.15, 0.2) is 53.7 Å². The highest BCUT2D eigenvalue weighted by Crippen LogP contribution is 2.59. The molecule has 0 radical (unpaired) electrons. The predicted molar refractivity (Wildman–Crippen MR) is 94.4 cm³/mol. The third kappa shape index (κ3) is 2.68. The molecule has 24 heavy (non-hydrogen) atoms. The average molecular weight is 340 g/mol. The molecule has 0 amide bonds. The first-order valence-corrected chi connectivity index (χ1v) is 9.78. The zero-order valence-electron chi connectivity index (χ0n) is 13.4. The number of aromatic nitrogens is 1. The Balaban J connectivity index is 1.77. The molecule has 2 N–H and O–H groups in total. The molecule has 0 atom stereocenters. The van der Waals surface area contributed by atoms with E-state index in [9.17, 15) is 8.42 Å². The molecule has 1 saturated carbocycles. The summed E-state index contributed by atoms with van der Waals surface area (Å²) in [7, 11) is -3.75. The van der Waals surface area contributed by atoms with Gasteiger partial charge in [-0.2, -0.15) is 0 Å². The van der Waals surface area contributed by atoms with Crippen LogP contribution in [0.3, 0.4) is 0 Å². The number of pyridine rings is 1. The molecule has 5 heteroatoms. The third-order valence-electron chi connectivity index (χ3n) is 5.38. The van der Waals surface area contributed by atoms with Gasteiger partial charge in [0.25, 0.3) is 10.0 Å². The van der Waals surface area contributed by atoms with Gasteiger partial charge in [-0.05, 0) is 59.4 Å². The minimum Gasteiger partial charge on any atom is -0.243 e. The zero-order valence-corrected chi connectivity index (χ0v) is 14.2. The Labute approximate surface area is 142 Å². The molecule has 2 aliphatic rings.